The molecule has 0 saturated carbocycles. The summed E-state index contributed by atoms with van der Waals surface area (Å²) in [6.07, 6.45) is 17.9. The van der Waals surface area contributed by atoms with E-state index >= 15 is 0 Å². The molecule has 11 heavy (non-hydrogen) atoms. The molecule has 56 valence electrons. The standard InChI is InChI=1S/C10H10Te/c1-2-6-9(5-1)11-10-7-3-4-8-10/h1-10H. The Morgan fingerprint density at radius 2 is 1.00 bits per heavy atom. The van der Waals surface area contributed by atoms with E-state index in [0.29, 0.717) is 0 Å². The van der Waals surface area contributed by atoms with Gasteiger partial charge in [0.2, 0.25) is 0 Å². The van der Waals surface area contributed by atoms with Crippen LogP contribution in [0.15, 0.2) is 48.6 Å². The molecule has 0 aromatic rings. The van der Waals surface area contributed by atoms with E-state index < -0.39 is 0 Å². The van der Waals surface area contributed by atoms with Gasteiger partial charge in [0, 0.05) is 0 Å². The first-order chi connectivity index (χ1) is 5.45. The minimum atomic E-state index is 0.0950. The second kappa shape index (κ2) is 3.43. The zero-order valence-electron chi connectivity index (χ0n) is 6.18. The maximum absolute atomic E-state index is 2.32. The first-order valence-corrected chi connectivity index (χ1v) is 6.50. The molecule has 0 bridgehead atoms. The molecule has 2 rings (SSSR count). The van der Waals surface area contributed by atoms with Crippen molar-refractivity contribution in [3.63, 3.8) is 0 Å². The molecule has 0 aromatic heterocycles. The van der Waals surface area contributed by atoms with Crippen molar-refractivity contribution >= 4 is 20.9 Å². The van der Waals surface area contributed by atoms with E-state index in [1.807, 2.05) is 0 Å². The summed E-state index contributed by atoms with van der Waals surface area (Å²) in [5, 5.41) is 0. The summed E-state index contributed by atoms with van der Waals surface area (Å²) in [6.45, 7) is 0. The fourth-order valence-electron chi connectivity index (χ4n) is 1.19. The molecule has 0 heterocycles. The van der Waals surface area contributed by atoms with Crippen LogP contribution in [0, 0.1) is 0 Å². The third-order valence-electron chi connectivity index (χ3n) is 1.74. The predicted octanol–water partition coefficient (Wildman–Crippen LogP) is 2.52. The molecule has 2 aliphatic rings. The van der Waals surface area contributed by atoms with Crippen molar-refractivity contribution in [2.24, 2.45) is 0 Å². The van der Waals surface area contributed by atoms with Gasteiger partial charge in [-0.3, -0.25) is 0 Å². The van der Waals surface area contributed by atoms with Gasteiger partial charge >= 0.3 is 77.5 Å². The third kappa shape index (κ3) is 1.86. The summed E-state index contributed by atoms with van der Waals surface area (Å²) in [6, 6.07) is 0. The van der Waals surface area contributed by atoms with Gasteiger partial charge in [-0.2, -0.15) is 0 Å². The molecular weight excluding hydrogens is 248 g/mol. The van der Waals surface area contributed by atoms with E-state index in [9.17, 15) is 0 Å². The van der Waals surface area contributed by atoms with E-state index in [0.717, 1.165) is 7.93 Å². The van der Waals surface area contributed by atoms with Crippen LogP contribution in [0.25, 0.3) is 0 Å². The van der Waals surface area contributed by atoms with E-state index in [-0.39, 0.29) is 20.9 Å². The Hall–Kier alpha value is -0.250. The molecule has 0 nitrogen and oxygen atoms in total. The number of hydrogen-bond acceptors (Lipinski definition) is 0. The Morgan fingerprint density at radius 1 is 0.636 bits per heavy atom. The Kier molecular flexibility index (Phi) is 2.31. The molecular formula is C10H10Te. The zero-order chi connectivity index (χ0) is 7.52. The van der Waals surface area contributed by atoms with Gasteiger partial charge in [-0.1, -0.05) is 0 Å². The number of allylic oxidation sites excluding steroid dienone is 8. The number of hydrogen-bond donors (Lipinski definition) is 0. The van der Waals surface area contributed by atoms with Crippen LogP contribution in [0.3, 0.4) is 0 Å². The van der Waals surface area contributed by atoms with Gasteiger partial charge in [0.15, 0.2) is 0 Å². The maximum atomic E-state index is 2.32. The minimum absolute atomic E-state index is 0.0950. The van der Waals surface area contributed by atoms with Gasteiger partial charge in [0.1, 0.15) is 0 Å². The Labute approximate surface area is 77.5 Å². The summed E-state index contributed by atoms with van der Waals surface area (Å²) < 4.78 is 1.61. The molecule has 1 heteroatoms. The molecule has 0 amide bonds. The molecule has 0 unspecified atom stereocenters. The van der Waals surface area contributed by atoms with Crippen molar-refractivity contribution in [3.05, 3.63) is 48.6 Å². The average molecular weight is 258 g/mol. The van der Waals surface area contributed by atoms with Crippen LogP contribution in [0.4, 0.5) is 0 Å². The Morgan fingerprint density at radius 3 is 1.36 bits per heavy atom. The summed E-state index contributed by atoms with van der Waals surface area (Å²) in [7, 11) is 0. The Bertz CT molecular complexity index is 196. The second-order valence-corrected chi connectivity index (χ2v) is 6.49. The quantitative estimate of drug-likeness (QED) is 0.667. The van der Waals surface area contributed by atoms with Gasteiger partial charge in [0.25, 0.3) is 0 Å². The van der Waals surface area contributed by atoms with Crippen molar-refractivity contribution in [3.8, 4) is 0 Å². The normalized spacial score (nSPS) is 22.5. The van der Waals surface area contributed by atoms with Crippen molar-refractivity contribution in [2.75, 3.05) is 0 Å². The van der Waals surface area contributed by atoms with Crippen LogP contribution >= 0.6 is 0 Å². The molecule has 0 N–H and O–H groups in total. The molecule has 0 radical (unpaired) electrons. The SMILES string of the molecule is C1=CC([Te]C2C=CC=C2)C=C1. The average Bonchev–Trinajstić information content (AvgIpc) is 2.60. The van der Waals surface area contributed by atoms with Gasteiger partial charge in [0.05, 0.1) is 0 Å². The van der Waals surface area contributed by atoms with E-state index in [1.165, 1.54) is 0 Å². The van der Waals surface area contributed by atoms with E-state index in [2.05, 4.69) is 48.6 Å². The summed E-state index contributed by atoms with van der Waals surface area (Å²) in [5.41, 5.74) is 0. The van der Waals surface area contributed by atoms with Crippen LogP contribution in [0.2, 0.25) is 7.93 Å². The van der Waals surface area contributed by atoms with E-state index in [4.69, 9.17) is 0 Å². The summed E-state index contributed by atoms with van der Waals surface area (Å²) >= 11 is 0.0950. The van der Waals surface area contributed by atoms with Gasteiger partial charge in [-0.05, 0) is 0 Å². The van der Waals surface area contributed by atoms with Crippen molar-refractivity contribution in [2.45, 2.75) is 7.93 Å². The van der Waals surface area contributed by atoms with Crippen molar-refractivity contribution < 1.29 is 0 Å². The fourth-order valence-corrected chi connectivity index (χ4v) is 4.29. The summed E-state index contributed by atoms with van der Waals surface area (Å²) in [5.74, 6) is 0. The van der Waals surface area contributed by atoms with Gasteiger partial charge in [-0.15, -0.1) is 0 Å². The topological polar surface area (TPSA) is 0 Å². The zero-order valence-corrected chi connectivity index (χ0v) is 8.51. The molecule has 2 aliphatic carbocycles. The predicted molar refractivity (Wildman–Crippen MR) is 49.8 cm³/mol. The molecule has 0 aliphatic heterocycles. The van der Waals surface area contributed by atoms with Gasteiger partial charge in [-0.25, -0.2) is 0 Å². The molecule has 0 saturated heterocycles. The third-order valence-corrected chi connectivity index (χ3v) is 5.33. The first-order valence-electron chi connectivity index (χ1n) is 3.80. The van der Waals surface area contributed by atoms with Crippen molar-refractivity contribution in [1.29, 1.82) is 0 Å². The monoisotopic (exact) mass is 260 g/mol. The second-order valence-electron chi connectivity index (χ2n) is 2.60. The fraction of sp³-hybridized carbons (Fsp3) is 0.200. The first kappa shape index (κ1) is 7.40. The van der Waals surface area contributed by atoms with Crippen LogP contribution in [-0.2, 0) is 0 Å². The Balaban J connectivity index is 1.90. The molecule has 0 atom stereocenters. The van der Waals surface area contributed by atoms with Crippen LogP contribution in [-0.4, -0.2) is 20.9 Å². The molecule has 0 fully saturated rings. The molecule has 0 aromatic carbocycles. The number of rotatable bonds is 2. The molecule has 0 spiro atoms. The van der Waals surface area contributed by atoms with Gasteiger partial charge < -0.3 is 0 Å². The van der Waals surface area contributed by atoms with E-state index in [1.54, 1.807) is 0 Å². The van der Waals surface area contributed by atoms with Crippen LogP contribution in [0.1, 0.15) is 0 Å². The van der Waals surface area contributed by atoms with Crippen LogP contribution < -0.4 is 0 Å². The summed E-state index contributed by atoms with van der Waals surface area (Å²) in [4.78, 5) is 0. The van der Waals surface area contributed by atoms with Crippen LogP contribution in [0.5, 0.6) is 0 Å². The van der Waals surface area contributed by atoms with Crippen molar-refractivity contribution in [1.82, 2.24) is 0 Å².